The Labute approximate surface area is 496 Å². The first-order valence-electron chi connectivity index (χ1n) is 27.9. The largest absolute Gasteiger partial charge is 0.830 e. The Bertz CT molecular complexity index is 3210. The van der Waals surface area contributed by atoms with Gasteiger partial charge in [0.2, 0.25) is 0 Å². The quantitative estimate of drug-likeness (QED) is 0.106. The number of phenols is 2. The molecular weight excluding hydrogens is 1150 g/mol. The van der Waals surface area contributed by atoms with E-state index in [2.05, 4.69) is 267 Å². The van der Waals surface area contributed by atoms with Crippen LogP contribution in [0.5, 0.6) is 11.5 Å². The van der Waals surface area contributed by atoms with Crippen LogP contribution in [-0.2, 0) is 36.8 Å². The van der Waals surface area contributed by atoms with Crippen LogP contribution in [0.1, 0.15) is 134 Å². The standard InChI is InChI=1S/C66H66N2O2.C4F9O.Co/c1-63(2,3)57-43-55(65(49-27-13-7-14-28-49,50-29-15-8-16-30-50)51-31-17-9-18-32-51)41-47(61(57)69)45-67-59-39-25-26-40-60(59)68-46-48-42-56(44-58(62(48)70)64(4,5)6)66(52-33-19-10-20-34-52,53-35-21-11-22-36-53)54-37-23-12-24-38-54;5-2(6,7)1(14,3(8,9)10)4(11,12)13;/h7-24,27-38,41-46,59-60,69-70H,25-26,39-40H2,1-6H3;;/q;-1;+2. The molecule has 1 aliphatic carbocycles. The third kappa shape index (κ3) is 11.7. The Morgan fingerprint density at radius 3 is 0.824 bits per heavy atom. The van der Waals surface area contributed by atoms with E-state index >= 15 is 0 Å². The molecule has 445 valence electrons. The van der Waals surface area contributed by atoms with E-state index in [9.17, 15) is 54.8 Å². The second kappa shape index (κ2) is 23.8. The molecule has 2 aliphatic rings. The van der Waals surface area contributed by atoms with Crippen molar-refractivity contribution in [2.45, 2.75) is 125 Å². The molecule has 10 rings (SSSR count). The van der Waals surface area contributed by atoms with E-state index in [0.29, 0.717) is 11.5 Å². The van der Waals surface area contributed by atoms with Crippen molar-refractivity contribution >= 4 is 12.4 Å². The van der Waals surface area contributed by atoms with Crippen LogP contribution in [0, 0.1) is 0 Å². The normalized spacial score (nSPS) is 17.4. The van der Waals surface area contributed by atoms with Crippen molar-refractivity contribution in [2.75, 3.05) is 0 Å². The van der Waals surface area contributed by atoms with Crippen LogP contribution in [-0.4, -0.2) is 66.1 Å². The summed E-state index contributed by atoms with van der Waals surface area (Å²) in [6.07, 6.45) is -12.1. The van der Waals surface area contributed by atoms with Gasteiger partial charge < -0.3 is 5.11 Å². The summed E-state index contributed by atoms with van der Waals surface area (Å²) in [5.74, 6) is 0.626. The average molecular weight is 1210 g/mol. The molecule has 0 amide bonds. The van der Waals surface area contributed by atoms with Crippen molar-refractivity contribution in [3.8, 4) is 11.5 Å². The summed E-state index contributed by atoms with van der Waals surface area (Å²) < 4.78 is 107. The van der Waals surface area contributed by atoms with Gasteiger partial charge in [-0.1, -0.05) is 0 Å². The molecule has 15 heteroatoms. The minimum atomic E-state index is -6.98. The molecule has 2 unspecified atom stereocenters. The van der Waals surface area contributed by atoms with Crippen molar-refractivity contribution in [2.24, 2.45) is 0 Å². The van der Waals surface area contributed by atoms with E-state index in [1.165, 1.54) is 0 Å². The molecule has 0 aromatic heterocycles. The van der Waals surface area contributed by atoms with E-state index in [1.807, 2.05) is 0 Å². The number of hydrogen-bond donors (Lipinski definition) is 2. The zero-order valence-electron chi connectivity index (χ0n) is 47.7. The number of halogens is 9. The fraction of sp³-hybridized carbons (Fsp3) is 0.286. The van der Waals surface area contributed by atoms with Gasteiger partial charge in [-0.15, -0.1) is 0 Å². The molecular formula is C70H66CoF9N2O3+. The molecule has 1 saturated heterocycles. The summed E-state index contributed by atoms with van der Waals surface area (Å²) in [5.41, 5.74) is 3.55. The molecule has 2 N–H and O–H groups in total. The summed E-state index contributed by atoms with van der Waals surface area (Å²) in [7, 11) is 0. The summed E-state index contributed by atoms with van der Waals surface area (Å²) in [5, 5.41) is 35.0. The fourth-order valence-corrected chi connectivity index (χ4v) is 13.6. The number of benzene rings is 8. The van der Waals surface area contributed by atoms with Gasteiger partial charge in [-0.05, 0) is 0 Å². The van der Waals surface area contributed by atoms with Gasteiger partial charge in [0, 0.05) is 0 Å². The van der Waals surface area contributed by atoms with Crippen LogP contribution < -0.4 is 5.11 Å². The SMILES string of the molecule is CC(C)(C)c1cc(C(c2ccccc2)(c2ccccc2)c2ccccc2)cc(C=[N+]2[Co][N+](=Cc3cc(C(c4ccccc4)(c4ccccc4)c4ccccc4)cc(C(C)(C)C)c3O)C3CCCCC32)c1O.[O-]C(C(F)(F)F)(C(F)(F)F)C(F)(F)F. The van der Waals surface area contributed by atoms with E-state index in [4.69, 9.17) is 0 Å². The number of nitrogens with zero attached hydrogens (tertiary/aromatic N) is 2. The first kappa shape index (κ1) is 62.1. The Morgan fingerprint density at radius 1 is 0.388 bits per heavy atom. The maximum Gasteiger partial charge on any atom is 0.397 e. The smallest absolute Gasteiger partial charge is 0.397 e. The number of phenolic OH excluding ortho intramolecular Hbond substituents is 2. The summed E-state index contributed by atoms with van der Waals surface area (Å²) in [6, 6.07) is 74.4. The third-order valence-corrected chi connectivity index (χ3v) is 17.6. The number of alkyl halides is 9. The molecule has 2 atom stereocenters. The van der Waals surface area contributed by atoms with Crippen molar-refractivity contribution in [3.63, 3.8) is 0 Å². The topological polar surface area (TPSA) is 69.5 Å². The molecule has 0 spiro atoms. The van der Waals surface area contributed by atoms with Gasteiger partial charge in [0.05, 0.1) is 0 Å². The van der Waals surface area contributed by atoms with Crippen LogP contribution in [0.2, 0.25) is 0 Å². The van der Waals surface area contributed by atoms with Crippen molar-refractivity contribution in [3.05, 3.63) is 273 Å². The summed E-state index contributed by atoms with van der Waals surface area (Å²) in [6.45, 7) is 13.2. The van der Waals surface area contributed by atoms with Crippen LogP contribution in [0.4, 0.5) is 39.5 Å². The van der Waals surface area contributed by atoms with Gasteiger partial charge >= 0.3 is 449 Å². The van der Waals surface area contributed by atoms with Gasteiger partial charge in [0.15, 0.2) is 5.60 Å². The zero-order chi connectivity index (χ0) is 61.4. The van der Waals surface area contributed by atoms with Crippen LogP contribution in [0.3, 0.4) is 0 Å². The Balaban J connectivity index is 0.000000548. The molecule has 85 heavy (non-hydrogen) atoms. The maximum absolute atomic E-state index is 12.6. The predicted octanol–water partition coefficient (Wildman–Crippen LogP) is 16.0. The van der Waals surface area contributed by atoms with E-state index in [0.717, 1.165) is 108 Å². The summed E-state index contributed by atoms with van der Waals surface area (Å²) in [4.78, 5) is 0. The van der Waals surface area contributed by atoms with Gasteiger partial charge in [-0.3, -0.25) is 0 Å². The monoisotopic (exact) mass is 1210 g/mol. The number of hydrogen-bond acceptors (Lipinski definition) is 3. The third-order valence-electron chi connectivity index (χ3n) is 16.2. The maximum atomic E-state index is 12.6. The van der Waals surface area contributed by atoms with Gasteiger partial charge in [-0.2, -0.15) is 39.5 Å². The molecule has 0 bridgehead atoms. The molecule has 8 aromatic rings. The zero-order valence-corrected chi connectivity index (χ0v) is 48.7. The predicted molar refractivity (Wildman–Crippen MR) is 308 cm³/mol. The minimum Gasteiger partial charge on any atom is -0.830 e. The Morgan fingerprint density at radius 2 is 0.624 bits per heavy atom. The molecule has 0 radical (unpaired) electrons. The number of rotatable bonds is 10. The first-order chi connectivity index (χ1) is 40.1. The molecule has 1 heterocycles. The molecule has 2 fully saturated rings. The molecule has 5 nitrogen and oxygen atoms in total. The summed E-state index contributed by atoms with van der Waals surface area (Å²) >= 11 is 1.02. The van der Waals surface area contributed by atoms with Crippen molar-refractivity contribution < 1.29 is 77.2 Å². The first-order valence-corrected chi connectivity index (χ1v) is 28.9. The van der Waals surface area contributed by atoms with Crippen molar-refractivity contribution in [1.82, 2.24) is 0 Å². The van der Waals surface area contributed by atoms with Crippen LogP contribution >= 0.6 is 0 Å². The molecule has 1 saturated carbocycles. The minimum absolute atomic E-state index is 0.202. The second-order valence-corrected chi connectivity index (χ2v) is 25.0. The fourth-order valence-electron chi connectivity index (χ4n) is 12.0. The number of aromatic hydroxyl groups is 2. The van der Waals surface area contributed by atoms with E-state index in [-0.39, 0.29) is 22.9 Å². The Kier molecular flexibility index (Phi) is 17.4. The van der Waals surface area contributed by atoms with Crippen molar-refractivity contribution in [1.29, 1.82) is 0 Å². The van der Waals surface area contributed by atoms with E-state index < -0.39 is 35.0 Å². The average Bonchev–Trinajstić information content (AvgIpc) is 1.41. The van der Waals surface area contributed by atoms with E-state index in [1.54, 1.807) is 0 Å². The molecule has 8 aromatic carbocycles. The van der Waals surface area contributed by atoms with Gasteiger partial charge in [0.25, 0.3) is 0 Å². The second-order valence-electron chi connectivity index (χ2n) is 23.7. The van der Waals surface area contributed by atoms with Crippen LogP contribution in [0.25, 0.3) is 0 Å². The molecule has 1 aliphatic heterocycles. The van der Waals surface area contributed by atoms with Crippen LogP contribution in [0.15, 0.2) is 206 Å². The Hall–Kier alpha value is -7.46. The van der Waals surface area contributed by atoms with Gasteiger partial charge in [-0.25, -0.2) is 0 Å². The number of fused-ring (bicyclic) bond motifs is 1. The van der Waals surface area contributed by atoms with Gasteiger partial charge in [0.1, 0.15) is 0 Å².